The lowest BCUT2D eigenvalue weighted by atomic mass is 10.0. The smallest absolute Gasteiger partial charge is 0.228 e. The van der Waals surface area contributed by atoms with E-state index < -0.39 is 0 Å². The van der Waals surface area contributed by atoms with Gasteiger partial charge in [-0.15, -0.1) is 0 Å². The Morgan fingerprint density at radius 3 is 2.81 bits per heavy atom. The Labute approximate surface area is 185 Å². The summed E-state index contributed by atoms with van der Waals surface area (Å²) in [4.78, 5) is 25.4. The summed E-state index contributed by atoms with van der Waals surface area (Å²) in [5.74, 6) is 2.07. The fourth-order valence-electron chi connectivity index (χ4n) is 4.52. The molecule has 3 aromatic rings. The highest BCUT2D eigenvalue weighted by Gasteiger charge is 2.43. The van der Waals surface area contributed by atoms with Gasteiger partial charge in [0, 0.05) is 64.2 Å². The lowest BCUT2D eigenvalue weighted by molar-refractivity contribution is -0.117. The van der Waals surface area contributed by atoms with Crippen LogP contribution >= 0.6 is 0 Å². The first-order valence-corrected chi connectivity index (χ1v) is 11.0. The van der Waals surface area contributed by atoms with Crippen LogP contribution in [0.2, 0.25) is 0 Å². The number of H-pyrrole nitrogens is 1. The highest BCUT2D eigenvalue weighted by atomic mass is 16.5. The number of fused-ring (bicyclic) bond motifs is 1. The average molecular weight is 424 g/mol. The van der Waals surface area contributed by atoms with E-state index in [1.54, 1.807) is 7.11 Å². The Balaban J connectivity index is 0.00000153. The SMILES string of the molecule is COc1ccccc1-c1c[nH]c2nc(NC(=O)[C@@H]3C[C@@H]3CN3CCN(C)CC3)ccc12.[HH].[HH]. The van der Waals surface area contributed by atoms with Crippen LogP contribution < -0.4 is 10.1 Å². The number of nitrogens with one attached hydrogen (secondary N) is 2. The van der Waals surface area contributed by atoms with Crippen molar-refractivity contribution in [3.05, 3.63) is 42.6 Å². The van der Waals surface area contributed by atoms with E-state index in [4.69, 9.17) is 4.74 Å². The molecular weight excluding hydrogens is 390 g/mol. The average Bonchev–Trinajstić information content (AvgIpc) is 3.44. The number of carbonyl (C=O) groups excluding carboxylic acids is 1. The van der Waals surface area contributed by atoms with Crippen LogP contribution in [0.3, 0.4) is 0 Å². The van der Waals surface area contributed by atoms with Crippen LogP contribution in [0.15, 0.2) is 42.6 Å². The number of para-hydroxylation sites is 1. The zero-order valence-corrected chi connectivity index (χ0v) is 18.1. The summed E-state index contributed by atoms with van der Waals surface area (Å²) in [5, 5.41) is 4.02. The molecule has 2 aromatic heterocycles. The molecule has 166 valence electrons. The van der Waals surface area contributed by atoms with Crippen molar-refractivity contribution in [2.45, 2.75) is 6.42 Å². The number of ether oxygens (including phenoxy) is 1. The number of carbonyl (C=O) groups is 1. The van der Waals surface area contributed by atoms with Gasteiger partial charge in [-0.3, -0.25) is 4.79 Å². The summed E-state index contributed by atoms with van der Waals surface area (Å²) in [6, 6.07) is 11.8. The molecule has 1 aliphatic carbocycles. The van der Waals surface area contributed by atoms with Gasteiger partial charge in [-0.2, -0.15) is 0 Å². The van der Waals surface area contributed by atoms with Gasteiger partial charge in [0.15, 0.2) is 0 Å². The maximum Gasteiger partial charge on any atom is 0.228 e. The molecule has 2 fully saturated rings. The third-order valence-electron chi connectivity index (χ3n) is 6.54. The first kappa shape index (κ1) is 20.0. The number of likely N-dealkylation sites (N-methyl/N-ethyl adjacent to an activating group) is 1. The summed E-state index contributed by atoms with van der Waals surface area (Å²) in [7, 11) is 3.84. The molecule has 0 unspecified atom stereocenters. The van der Waals surface area contributed by atoms with Crippen molar-refractivity contribution in [1.82, 2.24) is 19.8 Å². The van der Waals surface area contributed by atoms with Gasteiger partial charge >= 0.3 is 0 Å². The molecule has 0 bridgehead atoms. The van der Waals surface area contributed by atoms with Gasteiger partial charge in [0.05, 0.1) is 7.11 Å². The minimum atomic E-state index is 0. The maximum absolute atomic E-state index is 12.7. The minimum Gasteiger partial charge on any atom is -0.496 e. The van der Waals surface area contributed by atoms with Crippen molar-refractivity contribution >= 4 is 22.8 Å². The van der Waals surface area contributed by atoms with Crippen LogP contribution in [-0.2, 0) is 4.79 Å². The van der Waals surface area contributed by atoms with Crippen molar-refractivity contribution in [3.63, 3.8) is 0 Å². The predicted molar refractivity (Wildman–Crippen MR) is 126 cm³/mol. The molecule has 7 nitrogen and oxygen atoms in total. The summed E-state index contributed by atoms with van der Waals surface area (Å²) < 4.78 is 5.50. The summed E-state index contributed by atoms with van der Waals surface area (Å²) in [6.45, 7) is 5.44. The van der Waals surface area contributed by atoms with E-state index in [2.05, 4.69) is 32.1 Å². The number of benzene rings is 1. The number of pyridine rings is 1. The number of piperazine rings is 1. The third kappa shape index (κ3) is 4.16. The Morgan fingerprint density at radius 1 is 1.19 bits per heavy atom. The zero-order chi connectivity index (χ0) is 21.4. The topological polar surface area (TPSA) is 73.5 Å². The van der Waals surface area contributed by atoms with Gasteiger partial charge in [0.1, 0.15) is 17.2 Å². The van der Waals surface area contributed by atoms with Crippen LogP contribution in [0.4, 0.5) is 5.82 Å². The van der Waals surface area contributed by atoms with Crippen molar-refractivity contribution in [1.29, 1.82) is 0 Å². The molecule has 1 amide bonds. The number of hydrogen-bond acceptors (Lipinski definition) is 5. The molecule has 5 rings (SSSR count). The molecule has 2 atom stereocenters. The number of amides is 1. The van der Waals surface area contributed by atoms with Crippen molar-refractivity contribution in [3.8, 4) is 16.9 Å². The van der Waals surface area contributed by atoms with Crippen molar-refractivity contribution in [2.75, 3.05) is 52.2 Å². The first-order valence-electron chi connectivity index (χ1n) is 11.0. The number of nitrogens with zero attached hydrogens (tertiary/aromatic N) is 3. The predicted octanol–water partition coefficient (Wildman–Crippen LogP) is 3.55. The number of aromatic amines is 1. The van der Waals surface area contributed by atoms with Crippen LogP contribution in [-0.4, -0.2) is 72.6 Å². The van der Waals surface area contributed by atoms with Crippen molar-refractivity contribution in [2.24, 2.45) is 11.8 Å². The van der Waals surface area contributed by atoms with Crippen LogP contribution in [0.25, 0.3) is 22.2 Å². The van der Waals surface area contributed by atoms with E-state index in [0.717, 1.165) is 67.1 Å². The van der Waals surface area contributed by atoms with E-state index in [-0.39, 0.29) is 14.7 Å². The van der Waals surface area contributed by atoms with Crippen LogP contribution in [0, 0.1) is 11.8 Å². The Morgan fingerprint density at radius 2 is 2.00 bits per heavy atom. The zero-order valence-electron chi connectivity index (χ0n) is 18.1. The molecule has 1 saturated carbocycles. The number of methoxy groups -OCH3 is 1. The minimum absolute atomic E-state index is 0. The molecule has 0 spiro atoms. The van der Waals surface area contributed by atoms with Gasteiger partial charge in [0.2, 0.25) is 5.91 Å². The van der Waals surface area contributed by atoms with Gasteiger partial charge in [0.25, 0.3) is 0 Å². The number of hydrogen-bond donors (Lipinski definition) is 2. The second kappa shape index (κ2) is 8.32. The Kier molecular flexibility index (Phi) is 5.38. The van der Waals surface area contributed by atoms with E-state index in [9.17, 15) is 4.79 Å². The lowest BCUT2D eigenvalue weighted by Gasteiger charge is -2.32. The monoisotopic (exact) mass is 423 g/mol. The Bertz CT molecular complexity index is 1100. The molecule has 2 aliphatic rings. The highest BCUT2D eigenvalue weighted by molar-refractivity contribution is 5.98. The summed E-state index contributed by atoms with van der Waals surface area (Å²) in [6.07, 6.45) is 2.91. The molecule has 0 radical (unpaired) electrons. The quantitative estimate of drug-likeness (QED) is 0.634. The fraction of sp³-hybridized carbons (Fsp3) is 0.417. The molecule has 1 aliphatic heterocycles. The lowest BCUT2D eigenvalue weighted by Crippen LogP contribution is -2.45. The third-order valence-corrected chi connectivity index (χ3v) is 6.54. The Hall–Kier alpha value is -2.90. The summed E-state index contributed by atoms with van der Waals surface area (Å²) >= 11 is 0. The molecule has 1 saturated heterocycles. The maximum atomic E-state index is 12.7. The largest absolute Gasteiger partial charge is 0.496 e. The standard InChI is InChI=1S/C24H29N5O2.2H2/c1-28-9-11-29(12-10-28)15-16-13-19(16)24(30)27-22-8-7-18-20(14-25-23(18)26-22)17-5-3-4-6-21(17)31-2;;/h3-8,14,16,19H,9-13,15H2,1-2H3,(H2,25,26,27,30);2*1H/t16-,19-;;/m1../s1. The van der Waals surface area contributed by atoms with E-state index in [0.29, 0.717) is 11.7 Å². The fourth-order valence-corrected chi connectivity index (χ4v) is 4.52. The normalized spacial score (nSPS) is 21.9. The molecular formula is C24H33N5O2. The van der Waals surface area contributed by atoms with Gasteiger partial charge in [-0.05, 0) is 37.6 Å². The van der Waals surface area contributed by atoms with Crippen molar-refractivity contribution < 1.29 is 12.4 Å². The second-order valence-corrected chi connectivity index (χ2v) is 8.69. The number of anilines is 1. The van der Waals surface area contributed by atoms with Gasteiger partial charge in [-0.1, -0.05) is 18.2 Å². The van der Waals surface area contributed by atoms with Crippen LogP contribution in [0.1, 0.15) is 9.27 Å². The summed E-state index contributed by atoms with van der Waals surface area (Å²) in [5.41, 5.74) is 2.80. The molecule has 2 N–H and O–H groups in total. The molecule has 7 heteroatoms. The number of aromatic nitrogens is 2. The first-order chi connectivity index (χ1) is 15.1. The van der Waals surface area contributed by atoms with E-state index in [1.807, 2.05) is 42.6 Å². The van der Waals surface area contributed by atoms with Gasteiger partial charge < -0.3 is 24.8 Å². The molecule has 1 aromatic carbocycles. The number of rotatable bonds is 6. The van der Waals surface area contributed by atoms with Crippen LogP contribution in [0.5, 0.6) is 5.75 Å². The second-order valence-electron chi connectivity index (χ2n) is 8.69. The van der Waals surface area contributed by atoms with E-state index >= 15 is 0 Å². The highest BCUT2D eigenvalue weighted by Crippen LogP contribution is 2.40. The molecule has 31 heavy (non-hydrogen) atoms. The molecule has 3 heterocycles. The van der Waals surface area contributed by atoms with Gasteiger partial charge in [-0.25, -0.2) is 4.98 Å². The van der Waals surface area contributed by atoms with E-state index in [1.165, 1.54) is 0 Å².